The van der Waals surface area contributed by atoms with Crippen LogP contribution in [0, 0.1) is 0 Å². The van der Waals surface area contributed by atoms with Crippen molar-refractivity contribution in [3.63, 3.8) is 0 Å². The minimum Gasteiger partial charge on any atom is -0.307 e. The van der Waals surface area contributed by atoms with Gasteiger partial charge in [0, 0.05) is 6.42 Å². The molecule has 0 aliphatic heterocycles. The molecule has 0 fully saturated rings. The number of nitrogens with two attached hydrogens (primary N) is 1. The van der Waals surface area contributed by atoms with Gasteiger partial charge in [-0.05, 0) is 26.4 Å². The predicted molar refractivity (Wildman–Crippen MR) is 92.4 cm³/mol. The first-order chi connectivity index (χ1) is 10.0. The Morgan fingerprint density at radius 3 is 1.71 bits per heavy atom. The van der Waals surface area contributed by atoms with E-state index < -0.39 is 5.66 Å². The molecule has 126 valence electrons. The third kappa shape index (κ3) is 8.57. The van der Waals surface area contributed by atoms with Crippen LogP contribution in [0.25, 0.3) is 0 Å². The topological polar surface area (TPSA) is 46.3 Å². The molecule has 0 radical (unpaired) electrons. The summed E-state index contributed by atoms with van der Waals surface area (Å²) in [7, 11) is 0. The van der Waals surface area contributed by atoms with E-state index in [9.17, 15) is 4.79 Å². The summed E-state index contributed by atoms with van der Waals surface area (Å²) in [5.74, 6) is 0.189. The highest BCUT2D eigenvalue weighted by Gasteiger charge is 2.32. The average molecular weight is 299 g/mol. The van der Waals surface area contributed by atoms with Gasteiger partial charge in [0.05, 0.1) is 0 Å². The molecule has 0 amide bonds. The molecule has 0 bridgehead atoms. The molecule has 0 aliphatic rings. The minimum absolute atomic E-state index is 0.189. The maximum Gasteiger partial charge on any atom is 0.167 e. The van der Waals surface area contributed by atoms with Crippen LogP contribution in [0.5, 0.6) is 0 Å². The van der Waals surface area contributed by atoms with Gasteiger partial charge in [-0.1, -0.05) is 72.1 Å². The van der Waals surface area contributed by atoms with Crippen LogP contribution in [0.3, 0.4) is 0 Å². The summed E-state index contributed by atoms with van der Waals surface area (Å²) in [5.41, 5.74) is 5.42. The van der Waals surface area contributed by atoms with Crippen molar-refractivity contribution in [3.05, 3.63) is 0 Å². The number of likely N-dealkylation sites (N-methyl/N-ethyl adjacent to an activating group) is 1. The second-order valence-electron chi connectivity index (χ2n) is 6.32. The number of carbonyl (C=O) groups is 1. The van der Waals surface area contributed by atoms with E-state index in [2.05, 4.69) is 20.8 Å². The van der Waals surface area contributed by atoms with Crippen LogP contribution in [-0.4, -0.2) is 29.4 Å². The molecule has 0 aromatic rings. The molecular weight excluding hydrogens is 260 g/mol. The van der Waals surface area contributed by atoms with Crippen molar-refractivity contribution in [3.8, 4) is 0 Å². The highest BCUT2D eigenvalue weighted by atomic mass is 16.1. The molecule has 0 saturated carbocycles. The van der Waals surface area contributed by atoms with Crippen LogP contribution in [0.15, 0.2) is 0 Å². The third-order valence-electron chi connectivity index (χ3n) is 4.49. The van der Waals surface area contributed by atoms with Crippen molar-refractivity contribution in [2.75, 3.05) is 13.1 Å². The Bertz CT molecular complexity index is 260. The lowest BCUT2D eigenvalue weighted by molar-refractivity contribution is -0.130. The smallest absolute Gasteiger partial charge is 0.167 e. The normalized spacial score (nSPS) is 14.4. The first-order valence-electron chi connectivity index (χ1n) is 9.07. The number of carbonyl (C=O) groups excluding carboxylic acids is 1. The standard InChI is InChI=1S/C18H38N2O/c1-5-8-9-10-11-12-13-14-15-16-17(21)18(4,19)20(6-2)7-3/h5-16,19H2,1-4H3. The van der Waals surface area contributed by atoms with Crippen molar-refractivity contribution < 1.29 is 4.79 Å². The zero-order valence-electron chi connectivity index (χ0n) is 14.9. The molecule has 0 rings (SSSR count). The van der Waals surface area contributed by atoms with E-state index in [1.807, 2.05) is 11.8 Å². The monoisotopic (exact) mass is 298 g/mol. The van der Waals surface area contributed by atoms with Crippen molar-refractivity contribution in [1.29, 1.82) is 0 Å². The minimum atomic E-state index is -0.788. The van der Waals surface area contributed by atoms with E-state index in [1.54, 1.807) is 0 Å². The molecule has 0 aromatic heterocycles. The van der Waals surface area contributed by atoms with Crippen molar-refractivity contribution >= 4 is 5.78 Å². The van der Waals surface area contributed by atoms with E-state index >= 15 is 0 Å². The largest absolute Gasteiger partial charge is 0.307 e. The fraction of sp³-hybridized carbons (Fsp3) is 0.944. The van der Waals surface area contributed by atoms with Crippen molar-refractivity contribution in [2.24, 2.45) is 5.73 Å². The summed E-state index contributed by atoms with van der Waals surface area (Å²) < 4.78 is 0. The van der Waals surface area contributed by atoms with Gasteiger partial charge in [0.25, 0.3) is 0 Å². The Morgan fingerprint density at radius 1 is 0.857 bits per heavy atom. The molecule has 0 saturated heterocycles. The molecule has 0 aromatic carbocycles. The van der Waals surface area contributed by atoms with E-state index in [-0.39, 0.29) is 5.78 Å². The fourth-order valence-corrected chi connectivity index (χ4v) is 2.91. The van der Waals surface area contributed by atoms with E-state index in [4.69, 9.17) is 5.73 Å². The van der Waals surface area contributed by atoms with Crippen LogP contribution >= 0.6 is 0 Å². The number of unbranched alkanes of at least 4 members (excludes halogenated alkanes) is 8. The second kappa shape index (κ2) is 12.2. The first-order valence-corrected chi connectivity index (χ1v) is 9.07. The van der Waals surface area contributed by atoms with E-state index in [1.165, 1.54) is 44.9 Å². The summed E-state index contributed by atoms with van der Waals surface area (Å²) in [4.78, 5) is 14.3. The summed E-state index contributed by atoms with van der Waals surface area (Å²) in [6.45, 7) is 9.87. The molecule has 1 atom stereocenters. The number of hydrogen-bond acceptors (Lipinski definition) is 3. The molecular formula is C18H38N2O. The molecule has 1 unspecified atom stereocenters. The summed E-state index contributed by atoms with van der Waals surface area (Å²) in [5, 5.41) is 0. The summed E-state index contributed by atoms with van der Waals surface area (Å²) in [6, 6.07) is 0. The van der Waals surface area contributed by atoms with Gasteiger partial charge in [-0.2, -0.15) is 0 Å². The molecule has 0 aliphatic carbocycles. The Morgan fingerprint density at radius 2 is 1.29 bits per heavy atom. The van der Waals surface area contributed by atoms with Gasteiger partial charge in [0.15, 0.2) is 5.78 Å². The van der Waals surface area contributed by atoms with Gasteiger partial charge in [-0.25, -0.2) is 0 Å². The van der Waals surface area contributed by atoms with Crippen molar-refractivity contribution in [2.45, 2.75) is 97.6 Å². The lowest BCUT2D eigenvalue weighted by Gasteiger charge is -2.35. The molecule has 3 nitrogen and oxygen atoms in total. The number of hydrogen-bond donors (Lipinski definition) is 1. The maximum atomic E-state index is 12.3. The Labute approximate surface area is 132 Å². The Balaban J connectivity index is 3.70. The van der Waals surface area contributed by atoms with E-state index in [0.717, 1.165) is 25.9 Å². The van der Waals surface area contributed by atoms with Gasteiger partial charge >= 0.3 is 0 Å². The Kier molecular flexibility index (Phi) is 11.9. The lowest BCUT2D eigenvalue weighted by atomic mass is 9.99. The zero-order chi connectivity index (χ0) is 16.1. The Hall–Kier alpha value is -0.410. The second-order valence-corrected chi connectivity index (χ2v) is 6.32. The number of Topliss-reactive ketones (excluding diaryl/α,β-unsaturated/α-hetero) is 1. The van der Waals surface area contributed by atoms with Crippen LogP contribution < -0.4 is 5.73 Å². The first kappa shape index (κ1) is 20.6. The quantitative estimate of drug-likeness (QED) is 0.379. The predicted octanol–water partition coefficient (Wildman–Crippen LogP) is 4.49. The van der Waals surface area contributed by atoms with Crippen LogP contribution in [0.1, 0.15) is 91.9 Å². The summed E-state index contributed by atoms with van der Waals surface area (Å²) in [6.07, 6.45) is 12.1. The third-order valence-corrected chi connectivity index (χ3v) is 4.49. The van der Waals surface area contributed by atoms with Gasteiger partial charge in [0.2, 0.25) is 0 Å². The average Bonchev–Trinajstić information content (AvgIpc) is 2.46. The highest BCUT2D eigenvalue weighted by molar-refractivity contribution is 5.87. The summed E-state index contributed by atoms with van der Waals surface area (Å²) >= 11 is 0. The molecule has 0 spiro atoms. The lowest BCUT2D eigenvalue weighted by Crippen LogP contribution is -2.59. The van der Waals surface area contributed by atoms with Gasteiger partial charge in [0.1, 0.15) is 5.66 Å². The molecule has 0 heterocycles. The number of nitrogens with zero attached hydrogens (tertiary/aromatic N) is 1. The number of rotatable bonds is 14. The van der Waals surface area contributed by atoms with E-state index in [0.29, 0.717) is 6.42 Å². The zero-order valence-corrected chi connectivity index (χ0v) is 14.9. The maximum absolute atomic E-state index is 12.3. The van der Waals surface area contributed by atoms with Gasteiger partial charge in [-0.15, -0.1) is 0 Å². The highest BCUT2D eigenvalue weighted by Crippen LogP contribution is 2.15. The molecule has 21 heavy (non-hydrogen) atoms. The van der Waals surface area contributed by atoms with Crippen LogP contribution in [0.4, 0.5) is 0 Å². The SMILES string of the molecule is CCCCCCCCCCCC(=O)C(C)(N)N(CC)CC. The molecule has 3 heteroatoms. The van der Waals surface area contributed by atoms with Crippen molar-refractivity contribution in [1.82, 2.24) is 4.90 Å². The number of ketones is 1. The van der Waals surface area contributed by atoms with Crippen LogP contribution in [-0.2, 0) is 4.79 Å². The van der Waals surface area contributed by atoms with Gasteiger partial charge in [-0.3, -0.25) is 9.69 Å². The van der Waals surface area contributed by atoms with Gasteiger partial charge < -0.3 is 5.73 Å². The van der Waals surface area contributed by atoms with Crippen LogP contribution in [0.2, 0.25) is 0 Å². The fourth-order valence-electron chi connectivity index (χ4n) is 2.91. The molecule has 2 N–H and O–H groups in total.